The van der Waals surface area contributed by atoms with E-state index in [2.05, 4.69) is 20.5 Å². The van der Waals surface area contributed by atoms with Crippen LogP contribution in [0.3, 0.4) is 0 Å². The lowest BCUT2D eigenvalue weighted by molar-refractivity contribution is -0.126. The van der Waals surface area contributed by atoms with E-state index in [1.54, 1.807) is 23.4 Å². The van der Waals surface area contributed by atoms with Crippen LogP contribution in [-0.2, 0) is 11.3 Å². The maximum Gasteiger partial charge on any atom is 0.271 e. The van der Waals surface area contributed by atoms with Crippen molar-refractivity contribution in [2.45, 2.75) is 19.4 Å². The Morgan fingerprint density at radius 1 is 1.17 bits per heavy atom. The van der Waals surface area contributed by atoms with Gasteiger partial charge in [0.15, 0.2) is 0 Å². The summed E-state index contributed by atoms with van der Waals surface area (Å²) in [5.41, 5.74) is 3.01. The molecular formula is C22H23N5O2. The molecule has 2 aromatic heterocycles. The molecule has 2 amide bonds. The van der Waals surface area contributed by atoms with Gasteiger partial charge in [0.2, 0.25) is 5.91 Å². The zero-order valence-electron chi connectivity index (χ0n) is 16.0. The number of pyridine rings is 1. The van der Waals surface area contributed by atoms with E-state index in [1.165, 1.54) is 0 Å². The fourth-order valence-corrected chi connectivity index (χ4v) is 3.57. The summed E-state index contributed by atoms with van der Waals surface area (Å²) >= 11 is 0. The normalized spacial score (nSPS) is 16.4. The van der Waals surface area contributed by atoms with Crippen LogP contribution in [0.25, 0.3) is 11.3 Å². The van der Waals surface area contributed by atoms with E-state index in [0.29, 0.717) is 31.0 Å². The Morgan fingerprint density at radius 2 is 2.03 bits per heavy atom. The average Bonchev–Trinajstić information content (AvgIpc) is 3.29. The van der Waals surface area contributed by atoms with Crippen molar-refractivity contribution in [2.75, 3.05) is 13.1 Å². The molecular weight excluding hydrogens is 366 g/mol. The van der Waals surface area contributed by atoms with Gasteiger partial charge in [0.1, 0.15) is 5.69 Å². The van der Waals surface area contributed by atoms with Crippen LogP contribution in [0.5, 0.6) is 0 Å². The lowest BCUT2D eigenvalue weighted by atomic mass is 9.96. The predicted molar refractivity (Wildman–Crippen MR) is 109 cm³/mol. The van der Waals surface area contributed by atoms with Gasteiger partial charge in [0.25, 0.3) is 5.91 Å². The van der Waals surface area contributed by atoms with Crippen molar-refractivity contribution in [1.29, 1.82) is 0 Å². The first kappa shape index (κ1) is 18.9. The number of amides is 2. The molecule has 1 unspecified atom stereocenters. The summed E-state index contributed by atoms with van der Waals surface area (Å²) in [4.78, 5) is 31.3. The van der Waals surface area contributed by atoms with Gasteiger partial charge in [-0.3, -0.25) is 19.7 Å². The molecule has 7 nitrogen and oxygen atoms in total. The summed E-state index contributed by atoms with van der Waals surface area (Å²) in [7, 11) is 0. The van der Waals surface area contributed by atoms with Crippen LogP contribution >= 0.6 is 0 Å². The first-order valence-corrected chi connectivity index (χ1v) is 9.77. The minimum Gasteiger partial charge on any atom is -0.352 e. The number of benzene rings is 1. The first-order chi connectivity index (χ1) is 14.2. The molecule has 7 heteroatoms. The van der Waals surface area contributed by atoms with Gasteiger partial charge in [-0.05, 0) is 36.6 Å². The summed E-state index contributed by atoms with van der Waals surface area (Å²) < 4.78 is 0. The Labute approximate surface area is 169 Å². The van der Waals surface area contributed by atoms with E-state index in [-0.39, 0.29) is 17.7 Å². The molecule has 29 heavy (non-hydrogen) atoms. The molecule has 1 saturated heterocycles. The van der Waals surface area contributed by atoms with E-state index in [0.717, 1.165) is 24.0 Å². The molecule has 2 N–H and O–H groups in total. The van der Waals surface area contributed by atoms with Gasteiger partial charge in [-0.1, -0.05) is 30.3 Å². The second-order valence-corrected chi connectivity index (χ2v) is 7.20. The zero-order chi connectivity index (χ0) is 20.1. The van der Waals surface area contributed by atoms with Gasteiger partial charge in [-0.15, -0.1) is 0 Å². The van der Waals surface area contributed by atoms with Gasteiger partial charge in [0.05, 0.1) is 11.6 Å². The molecule has 1 aromatic carbocycles. The van der Waals surface area contributed by atoms with Crippen LogP contribution in [0.4, 0.5) is 0 Å². The van der Waals surface area contributed by atoms with Gasteiger partial charge >= 0.3 is 0 Å². The maximum absolute atomic E-state index is 12.9. The molecule has 0 radical (unpaired) electrons. The Kier molecular flexibility index (Phi) is 5.65. The molecule has 1 aliphatic heterocycles. The highest BCUT2D eigenvalue weighted by molar-refractivity contribution is 5.94. The molecule has 1 aliphatic rings. The molecule has 3 heterocycles. The predicted octanol–water partition coefficient (Wildman–Crippen LogP) is 2.64. The van der Waals surface area contributed by atoms with Crippen LogP contribution in [0.1, 0.15) is 28.9 Å². The standard InChI is InChI=1S/C22H23N5O2/c28-21(24-13-16-6-2-1-3-7-16)18-9-5-11-27(15-18)22(29)20-12-19(25-26-20)17-8-4-10-23-14-17/h1-4,6-8,10,12,14,18H,5,9,11,13,15H2,(H,24,28)(H,25,26). The summed E-state index contributed by atoms with van der Waals surface area (Å²) in [6, 6.07) is 15.3. The third-order valence-electron chi connectivity index (χ3n) is 5.15. The van der Waals surface area contributed by atoms with Crippen molar-refractivity contribution < 1.29 is 9.59 Å². The number of aromatic nitrogens is 3. The SMILES string of the molecule is O=C(NCc1ccccc1)C1CCCN(C(=O)c2cc(-c3cccnc3)n[nH]2)C1. The number of nitrogens with one attached hydrogen (secondary N) is 2. The van der Waals surface area contributed by atoms with E-state index < -0.39 is 0 Å². The molecule has 0 saturated carbocycles. The fourth-order valence-electron chi connectivity index (χ4n) is 3.57. The van der Waals surface area contributed by atoms with E-state index >= 15 is 0 Å². The van der Waals surface area contributed by atoms with Gasteiger partial charge < -0.3 is 10.2 Å². The Bertz CT molecular complexity index is 971. The highest BCUT2D eigenvalue weighted by atomic mass is 16.2. The average molecular weight is 389 g/mol. The molecule has 3 aromatic rings. The van der Waals surface area contributed by atoms with Crippen LogP contribution in [0.2, 0.25) is 0 Å². The number of nitrogens with zero attached hydrogens (tertiary/aromatic N) is 3. The second kappa shape index (κ2) is 8.68. The Hall–Kier alpha value is -3.48. The highest BCUT2D eigenvalue weighted by Gasteiger charge is 2.29. The van der Waals surface area contributed by atoms with Crippen LogP contribution in [-0.4, -0.2) is 45.0 Å². The van der Waals surface area contributed by atoms with Gasteiger partial charge in [0, 0.05) is 37.6 Å². The lowest BCUT2D eigenvalue weighted by Gasteiger charge is -2.31. The summed E-state index contributed by atoms with van der Waals surface area (Å²) in [5.74, 6) is -0.336. The number of piperidine rings is 1. The largest absolute Gasteiger partial charge is 0.352 e. The number of aromatic amines is 1. The number of hydrogen-bond donors (Lipinski definition) is 2. The molecule has 0 spiro atoms. The molecule has 1 fully saturated rings. The lowest BCUT2D eigenvalue weighted by Crippen LogP contribution is -2.45. The number of hydrogen-bond acceptors (Lipinski definition) is 4. The number of rotatable bonds is 5. The highest BCUT2D eigenvalue weighted by Crippen LogP contribution is 2.21. The third-order valence-corrected chi connectivity index (χ3v) is 5.15. The number of H-pyrrole nitrogens is 1. The minimum atomic E-state index is -0.197. The van der Waals surface area contributed by atoms with Crippen molar-refractivity contribution in [1.82, 2.24) is 25.4 Å². The van der Waals surface area contributed by atoms with E-state index in [9.17, 15) is 9.59 Å². The van der Waals surface area contributed by atoms with E-state index in [4.69, 9.17) is 0 Å². The van der Waals surface area contributed by atoms with Crippen molar-refractivity contribution >= 4 is 11.8 Å². The minimum absolute atomic E-state index is 0.00740. The Morgan fingerprint density at radius 3 is 2.83 bits per heavy atom. The third kappa shape index (κ3) is 4.51. The molecule has 0 aliphatic carbocycles. The topological polar surface area (TPSA) is 91.0 Å². The smallest absolute Gasteiger partial charge is 0.271 e. The van der Waals surface area contributed by atoms with Crippen molar-refractivity contribution in [3.05, 3.63) is 72.2 Å². The number of carbonyl (C=O) groups excluding carboxylic acids is 2. The van der Waals surface area contributed by atoms with Crippen molar-refractivity contribution in [2.24, 2.45) is 5.92 Å². The fraction of sp³-hybridized carbons (Fsp3) is 0.273. The molecule has 1 atom stereocenters. The van der Waals surface area contributed by atoms with Crippen LogP contribution in [0, 0.1) is 5.92 Å². The second-order valence-electron chi connectivity index (χ2n) is 7.20. The number of likely N-dealkylation sites (tertiary alicyclic amines) is 1. The first-order valence-electron chi connectivity index (χ1n) is 9.77. The van der Waals surface area contributed by atoms with Crippen molar-refractivity contribution in [3.8, 4) is 11.3 Å². The van der Waals surface area contributed by atoms with E-state index in [1.807, 2.05) is 42.5 Å². The zero-order valence-corrected chi connectivity index (χ0v) is 16.0. The summed E-state index contributed by atoms with van der Waals surface area (Å²) in [5, 5.41) is 10.0. The number of carbonyl (C=O) groups is 2. The van der Waals surface area contributed by atoms with Crippen LogP contribution in [0.15, 0.2) is 60.9 Å². The van der Waals surface area contributed by atoms with Gasteiger partial charge in [-0.2, -0.15) is 5.10 Å². The van der Waals surface area contributed by atoms with Gasteiger partial charge in [-0.25, -0.2) is 0 Å². The van der Waals surface area contributed by atoms with Crippen LogP contribution < -0.4 is 5.32 Å². The van der Waals surface area contributed by atoms with Crippen molar-refractivity contribution in [3.63, 3.8) is 0 Å². The molecule has 148 valence electrons. The molecule has 4 rings (SSSR count). The monoisotopic (exact) mass is 389 g/mol. The summed E-state index contributed by atoms with van der Waals surface area (Å²) in [6.07, 6.45) is 4.99. The quantitative estimate of drug-likeness (QED) is 0.702. The Balaban J connectivity index is 1.37. The maximum atomic E-state index is 12.9. The summed E-state index contributed by atoms with van der Waals surface area (Å²) in [6.45, 7) is 1.56. The molecule has 0 bridgehead atoms.